The predicted octanol–water partition coefficient (Wildman–Crippen LogP) is 3.10. The Labute approximate surface area is 218 Å². The molecule has 5 aromatic rings. The monoisotopic (exact) mass is 512 g/mol. The number of piperazine rings is 1. The van der Waals surface area contributed by atoms with E-state index < -0.39 is 5.69 Å². The highest BCUT2D eigenvalue weighted by Gasteiger charge is 2.24. The second kappa shape index (κ2) is 9.57. The van der Waals surface area contributed by atoms with E-state index in [2.05, 4.69) is 34.1 Å². The van der Waals surface area contributed by atoms with Gasteiger partial charge in [0.25, 0.3) is 5.56 Å². The first kappa shape index (κ1) is 24.1. The number of fused-ring (bicyclic) bond motifs is 2. The molecule has 1 aliphatic heterocycles. The number of benzene rings is 3. The summed E-state index contributed by atoms with van der Waals surface area (Å²) in [4.78, 5) is 35.2. The van der Waals surface area contributed by atoms with Crippen molar-refractivity contribution in [2.45, 2.75) is 13.1 Å². The van der Waals surface area contributed by atoms with Gasteiger partial charge in [-0.1, -0.05) is 54.6 Å². The summed E-state index contributed by atoms with van der Waals surface area (Å²) in [6.07, 6.45) is 0. The van der Waals surface area contributed by atoms with E-state index in [0.29, 0.717) is 43.0 Å². The van der Waals surface area contributed by atoms with Gasteiger partial charge >= 0.3 is 5.69 Å². The lowest BCUT2D eigenvalue weighted by molar-refractivity contribution is 0.241. The van der Waals surface area contributed by atoms with E-state index in [1.807, 2.05) is 34.9 Å². The second-order valence-electron chi connectivity index (χ2n) is 9.85. The third-order valence-electron chi connectivity index (χ3n) is 7.57. The maximum Gasteiger partial charge on any atom is 0.332 e. The lowest BCUT2D eigenvalue weighted by atomic mass is 10.0. The van der Waals surface area contributed by atoms with Crippen molar-refractivity contribution < 1.29 is 4.39 Å². The molecule has 0 radical (unpaired) electrons. The Hall–Kier alpha value is -4.24. The van der Waals surface area contributed by atoms with Crippen molar-refractivity contribution in [2.24, 2.45) is 14.1 Å². The van der Waals surface area contributed by atoms with Gasteiger partial charge in [0, 0.05) is 40.3 Å². The molecule has 0 bridgehead atoms. The highest BCUT2D eigenvalue weighted by molar-refractivity contribution is 5.86. The number of rotatable bonds is 5. The summed E-state index contributed by atoms with van der Waals surface area (Å²) in [6, 6.07) is 21.2. The largest absolute Gasteiger partial charge is 0.367 e. The molecule has 3 aromatic carbocycles. The Kier molecular flexibility index (Phi) is 6.07. The number of imidazole rings is 1. The Morgan fingerprint density at radius 3 is 2.32 bits per heavy atom. The van der Waals surface area contributed by atoms with Gasteiger partial charge in [0.2, 0.25) is 0 Å². The van der Waals surface area contributed by atoms with Crippen LogP contribution in [-0.2, 0) is 27.2 Å². The number of nitrogens with zero attached hydrogens (tertiary/aromatic N) is 6. The van der Waals surface area contributed by atoms with Crippen LogP contribution in [0.3, 0.4) is 0 Å². The molecule has 0 saturated carbocycles. The zero-order valence-electron chi connectivity index (χ0n) is 21.5. The second-order valence-corrected chi connectivity index (χ2v) is 9.85. The average Bonchev–Trinajstić information content (AvgIpc) is 3.29. The van der Waals surface area contributed by atoms with Crippen molar-refractivity contribution in [2.75, 3.05) is 31.1 Å². The third-order valence-corrected chi connectivity index (χ3v) is 7.57. The van der Waals surface area contributed by atoms with Gasteiger partial charge in [-0.2, -0.15) is 0 Å². The minimum Gasteiger partial charge on any atom is -0.367 e. The lowest BCUT2D eigenvalue weighted by Crippen LogP contribution is -2.46. The maximum atomic E-state index is 14.3. The molecule has 9 heteroatoms. The van der Waals surface area contributed by atoms with E-state index in [1.165, 1.54) is 17.7 Å². The molecule has 0 N–H and O–H groups in total. The molecule has 0 unspecified atom stereocenters. The Balaban J connectivity index is 1.38. The van der Waals surface area contributed by atoms with Gasteiger partial charge in [-0.3, -0.25) is 18.8 Å². The molecule has 0 aliphatic carbocycles. The molecule has 0 spiro atoms. The number of para-hydroxylation sites is 1. The van der Waals surface area contributed by atoms with Crippen LogP contribution in [0.15, 0.2) is 76.3 Å². The van der Waals surface area contributed by atoms with E-state index in [1.54, 1.807) is 13.1 Å². The molecular weight excluding hydrogens is 483 g/mol. The Morgan fingerprint density at radius 2 is 1.53 bits per heavy atom. The number of halogens is 1. The molecule has 8 nitrogen and oxygen atoms in total. The molecule has 1 saturated heterocycles. The molecule has 38 heavy (non-hydrogen) atoms. The quantitative estimate of drug-likeness (QED) is 0.362. The fraction of sp³-hybridized carbons (Fsp3) is 0.276. The SMILES string of the molecule is Cn1c(=O)c2c(nc(CN3CCN(c4ccccc4F)CC3)n2Cc2cccc3ccccc23)n(C)c1=O. The highest BCUT2D eigenvalue weighted by Crippen LogP contribution is 2.24. The van der Waals surface area contributed by atoms with E-state index >= 15 is 0 Å². The fourth-order valence-corrected chi connectivity index (χ4v) is 5.44. The summed E-state index contributed by atoms with van der Waals surface area (Å²) >= 11 is 0. The molecule has 0 atom stereocenters. The van der Waals surface area contributed by atoms with Crippen LogP contribution in [-0.4, -0.2) is 49.8 Å². The van der Waals surface area contributed by atoms with Crippen LogP contribution in [0.5, 0.6) is 0 Å². The molecule has 2 aromatic heterocycles. The van der Waals surface area contributed by atoms with Gasteiger partial charge in [-0.05, 0) is 28.5 Å². The van der Waals surface area contributed by atoms with Crippen molar-refractivity contribution in [3.05, 3.63) is 105 Å². The van der Waals surface area contributed by atoms with E-state index in [4.69, 9.17) is 4.98 Å². The summed E-state index contributed by atoms with van der Waals surface area (Å²) < 4.78 is 18.9. The zero-order valence-corrected chi connectivity index (χ0v) is 21.5. The highest BCUT2D eigenvalue weighted by atomic mass is 19.1. The summed E-state index contributed by atoms with van der Waals surface area (Å²) in [6.45, 7) is 3.79. The number of hydrogen-bond acceptors (Lipinski definition) is 5. The minimum absolute atomic E-state index is 0.213. The number of anilines is 1. The predicted molar refractivity (Wildman–Crippen MR) is 147 cm³/mol. The molecular formula is C29H29FN6O2. The number of aromatic nitrogens is 4. The first-order valence-electron chi connectivity index (χ1n) is 12.8. The van der Waals surface area contributed by atoms with Crippen LogP contribution in [0.1, 0.15) is 11.4 Å². The van der Waals surface area contributed by atoms with E-state index in [-0.39, 0.29) is 11.4 Å². The maximum absolute atomic E-state index is 14.3. The van der Waals surface area contributed by atoms with Crippen molar-refractivity contribution in [3.8, 4) is 0 Å². The van der Waals surface area contributed by atoms with Crippen molar-refractivity contribution in [1.29, 1.82) is 0 Å². The molecule has 194 valence electrons. The van der Waals surface area contributed by atoms with Crippen LogP contribution in [0.25, 0.3) is 21.9 Å². The van der Waals surface area contributed by atoms with Gasteiger partial charge in [0.15, 0.2) is 11.2 Å². The molecule has 1 aliphatic rings. The molecule has 1 fully saturated rings. The van der Waals surface area contributed by atoms with Crippen LogP contribution in [0.2, 0.25) is 0 Å². The lowest BCUT2D eigenvalue weighted by Gasteiger charge is -2.36. The Morgan fingerprint density at radius 1 is 0.816 bits per heavy atom. The Bertz CT molecular complexity index is 1770. The summed E-state index contributed by atoms with van der Waals surface area (Å²) in [5, 5.41) is 2.24. The topological polar surface area (TPSA) is 68.3 Å². The number of hydrogen-bond donors (Lipinski definition) is 0. The minimum atomic E-state index is -0.401. The molecule has 6 rings (SSSR count). The van der Waals surface area contributed by atoms with Gasteiger partial charge in [0.1, 0.15) is 11.6 Å². The smallest absolute Gasteiger partial charge is 0.332 e. The standard InChI is InChI=1S/C29H29FN6O2/c1-32-27-26(28(37)33(2)29(32)38)36(18-21-10-7-9-20-8-3-4-11-22(20)21)25(31-27)19-34-14-16-35(17-15-34)24-13-6-5-12-23(24)30/h3-13H,14-19H2,1-2H3. The van der Waals surface area contributed by atoms with Crippen molar-refractivity contribution in [3.63, 3.8) is 0 Å². The van der Waals surface area contributed by atoms with Gasteiger partial charge in [0.05, 0.1) is 18.8 Å². The summed E-state index contributed by atoms with van der Waals surface area (Å²) in [5.74, 6) is 0.514. The normalized spacial score (nSPS) is 14.6. The van der Waals surface area contributed by atoms with Gasteiger partial charge < -0.3 is 9.47 Å². The third kappa shape index (κ3) is 4.09. The summed E-state index contributed by atoms with van der Waals surface area (Å²) in [7, 11) is 3.15. The summed E-state index contributed by atoms with van der Waals surface area (Å²) in [5.41, 5.74) is 1.74. The molecule has 0 amide bonds. The fourth-order valence-electron chi connectivity index (χ4n) is 5.44. The number of aryl methyl sites for hydroxylation is 1. The van der Waals surface area contributed by atoms with E-state index in [9.17, 15) is 14.0 Å². The van der Waals surface area contributed by atoms with Crippen molar-refractivity contribution in [1.82, 2.24) is 23.6 Å². The van der Waals surface area contributed by atoms with Crippen LogP contribution < -0.4 is 16.1 Å². The van der Waals surface area contributed by atoms with Crippen LogP contribution in [0.4, 0.5) is 10.1 Å². The van der Waals surface area contributed by atoms with Crippen LogP contribution in [0, 0.1) is 5.82 Å². The van der Waals surface area contributed by atoms with Crippen molar-refractivity contribution >= 4 is 27.6 Å². The van der Waals surface area contributed by atoms with Gasteiger partial charge in [-0.15, -0.1) is 0 Å². The van der Waals surface area contributed by atoms with Gasteiger partial charge in [-0.25, -0.2) is 14.2 Å². The molecule has 3 heterocycles. The average molecular weight is 513 g/mol. The first-order chi connectivity index (χ1) is 18.4. The zero-order chi connectivity index (χ0) is 26.4. The first-order valence-corrected chi connectivity index (χ1v) is 12.8. The van der Waals surface area contributed by atoms with Crippen LogP contribution >= 0.6 is 0 Å². The van der Waals surface area contributed by atoms with E-state index in [0.717, 1.165) is 39.8 Å².